The number of alkyl halides is 1. The number of benzene rings is 1. The Balaban J connectivity index is 2.22. The lowest BCUT2D eigenvalue weighted by Gasteiger charge is -2.37. The van der Waals surface area contributed by atoms with E-state index in [-0.39, 0.29) is 5.38 Å². The van der Waals surface area contributed by atoms with Crippen LogP contribution in [0.1, 0.15) is 65.8 Å². The van der Waals surface area contributed by atoms with Crippen LogP contribution < -0.4 is 0 Å². The molecule has 1 aromatic carbocycles. The molecule has 0 N–H and O–H groups in total. The van der Waals surface area contributed by atoms with Crippen LogP contribution in [0.3, 0.4) is 0 Å². The van der Waals surface area contributed by atoms with E-state index in [0.717, 1.165) is 12.6 Å². The molecule has 21 heavy (non-hydrogen) atoms. The summed E-state index contributed by atoms with van der Waals surface area (Å²) in [4.78, 5) is 2.62. The molecule has 1 fully saturated rings. The summed E-state index contributed by atoms with van der Waals surface area (Å²) in [6.07, 6.45) is 5.29. The summed E-state index contributed by atoms with van der Waals surface area (Å²) in [6.45, 7) is 13.4. The quantitative estimate of drug-likeness (QED) is 0.667. The molecule has 0 radical (unpaired) electrons. The van der Waals surface area contributed by atoms with Gasteiger partial charge in [-0.25, -0.2) is 0 Å². The summed E-state index contributed by atoms with van der Waals surface area (Å²) in [6, 6.07) is 3.01. The van der Waals surface area contributed by atoms with Crippen LogP contribution >= 0.6 is 11.6 Å². The zero-order valence-electron chi connectivity index (χ0n) is 14.3. The molecule has 0 bridgehead atoms. The smallest absolute Gasteiger partial charge is 0.0717 e. The Morgan fingerprint density at radius 1 is 1.14 bits per heavy atom. The van der Waals surface area contributed by atoms with Crippen LogP contribution in [0, 0.1) is 27.7 Å². The molecule has 1 nitrogen and oxygen atoms in total. The Kier molecular flexibility index (Phi) is 5.73. The first kappa shape index (κ1) is 16.8. The van der Waals surface area contributed by atoms with Gasteiger partial charge in [-0.05, 0) is 81.3 Å². The van der Waals surface area contributed by atoms with Gasteiger partial charge >= 0.3 is 0 Å². The molecule has 1 saturated heterocycles. The van der Waals surface area contributed by atoms with Gasteiger partial charge in [-0.3, -0.25) is 4.90 Å². The molecule has 118 valence electrons. The van der Waals surface area contributed by atoms with Crippen molar-refractivity contribution >= 4 is 11.6 Å². The fourth-order valence-electron chi connectivity index (χ4n) is 3.78. The van der Waals surface area contributed by atoms with Crippen molar-refractivity contribution < 1.29 is 0 Å². The van der Waals surface area contributed by atoms with E-state index in [0.29, 0.717) is 0 Å². The minimum atomic E-state index is 0.107. The number of piperidine rings is 1. The van der Waals surface area contributed by atoms with Gasteiger partial charge in [0.2, 0.25) is 0 Å². The van der Waals surface area contributed by atoms with Gasteiger partial charge < -0.3 is 0 Å². The van der Waals surface area contributed by atoms with E-state index in [9.17, 15) is 0 Å². The fraction of sp³-hybridized carbons (Fsp3) is 0.684. The van der Waals surface area contributed by atoms with Gasteiger partial charge in [0.15, 0.2) is 0 Å². The standard InChI is InChI=1S/C19H30ClN/c1-6-17-9-7-8-10-21(17)12-18(20)19-15(4)13(2)11-14(3)16(19)5/h11,17-18H,6-10,12H2,1-5H3. The van der Waals surface area contributed by atoms with E-state index in [2.05, 4.69) is 45.6 Å². The molecule has 2 rings (SSSR count). The van der Waals surface area contributed by atoms with Crippen LogP contribution in [-0.2, 0) is 0 Å². The number of aryl methyl sites for hydroxylation is 2. The summed E-state index contributed by atoms with van der Waals surface area (Å²) in [5.41, 5.74) is 6.86. The maximum atomic E-state index is 6.87. The SMILES string of the molecule is CCC1CCCCN1CC(Cl)c1c(C)c(C)cc(C)c1C. The van der Waals surface area contributed by atoms with Gasteiger partial charge in [0.05, 0.1) is 5.38 Å². The van der Waals surface area contributed by atoms with E-state index in [1.165, 1.54) is 60.0 Å². The molecule has 0 aliphatic carbocycles. The van der Waals surface area contributed by atoms with Gasteiger partial charge in [0.25, 0.3) is 0 Å². The lowest BCUT2D eigenvalue weighted by atomic mass is 9.91. The highest BCUT2D eigenvalue weighted by Gasteiger charge is 2.25. The predicted octanol–water partition coefficient (Wildman–Crippen LogP) is 5.46. The zero-order chi connectivity index (χ0) is 15.6. The summed E-state index contributed by atoms with van der Waals surface area (Å²) in [5.74, 6) is 0. The lowest BCUT2D eigenvalue weighted by molar-refractivity contribution is 0.144. The molecule has 1 aromatic rings. The summed E-state index contributed by atoms with van der Waals surface area (Å²) < 4.78 is 0. The number of rotatable bonds is 4. The Labute approximate surface area is 135 Å². The van der Waals surface area contributed by atoms with Crippen LogP contribution in [-0.4, -0.2) is 24.0 Å². The lowest BCUT2D eigenvalue weighted by Crippen LogP contribution is -2.41. The van der Waals surface area contributed by atoms with Gasteiger partial charge in [0, 0.05) is 12.6 Å². The molecule has 0 saturated carbocycles. The summed E-state index contributed by atoms with van der Waals surface area (Å²) in [7, 11) is 0. The fourth-order valence-corrected chi connectivity index (χ4v) is 4.28. The van der Waals surface area contributed by atoms with Crippen LogP contribution in [0.4, 0.5) is 0 Å². The number of hydrogen-bond acceptors (Lipinski definition) is 1. The second-order valence-electron chi connectivity index (χ2n) is 6.69. The number of halogens is 1. The Morgan fingerprint density at radius 3 is 2.33 bits per heavy atom. The molecule has 1 aliphatic heterocycles. The average molecular weight is 308 g/mol. The molecular formula is C19H30ClN. The second-order valence-corrected chi connectivity index (χ2v) is 7.22. The molecule has 0 spiro atoms. The third-order valence-electron chi connectivity index (χ3n) is 5.35. The topological polar surface area (TPSA) is 3.24 Å². The van der Waals surface area contributed by atoms with Crippen LogP contribution in [0.5, 0.6) is 0 Å². The molecule has 1 heterocycles. The monoisotopic (exact) mass is 307 g/mol. The van der Waals surface area contributed by atoms with Crippen molar-refractivity contribution in [3.05, 3.63) is 33.9 Å². The Morgan fingerprint density at radius 2 is 1.76 bits per heavy atom. The van der Waals surface area contributed by atoms with E-state index < -0.39 is 0 Å². The largest absolute Gasteiger partial charge is 0.299 e. The van der Waals surface area contributed by atoms with Gasteiger partial charge in [0.1, 0.15) is 0 Å². The van der Waals surface area contributed by atoms with Crippen molar-refractivity contribution in [2.75, 3.05) is 13.1 Å². The maximum Gasteiger partial charge on any atom is 0.0717 e. The molecule has 1 aliphatic rings. The molecule has 0 aromatic heterocycles. The first-order valence-corrected chi connectivity index (χ1v) is 8.84. The van der Waals surface area contributed by atoms with Gasteiger partial charge in [-0.1, -0.05) is 19.4 Å². The van der Waals surface area contributed by atoms with Gasteiger partial charge in [-0.2, -0.15) is 0 Å². The molecule has 2 heteroatoms. The van der Waals surface area contributed by atoms with Crippen molar-refractivity contribution in [2.45, 2.75) is 71.7 Å². The number of hydrogen-bond donors (Lipinski definition) is 0. The van der Waals surface area contributed by atoms with Crippen molar-refractivity contribution in [2.24, 2.45) is 0 Å². The van der Waals surface area contributed by atoms with Crippen molar-refractivity contribution in [1.82, 2.24) is 4.90 Å². The van der Waals surface area contributed by atoms with Crippen LogP contribution in [0.25, 0.3) is 0 Å². The summed E-state index contributed by atoms with van der Waals surface area (Å²) >= 11 is 6.87. The van der Waals surface area contributed by atoms with E-state index >= 15 is 0 Å². The van der Waals surface area contributed by atoms with Crippen LogP contribution in [0.15, 0.2) is 6.07 Å². The molecule has 0 amide bonds. The molecular weight excluding hydrogens is 278 g/mol. The molecule has 2 unspecified atom stereocenters. The Bertz CT molecular complexity index is 469. The van der Waals surface area contributed by atoms with Crippen molar-refractivity contribution in [1.29, 1.82) is 0 Å². The number of likely N-dealkylation sites (tertiary alicyclic amines) is 1. The first-order valence-electron chi connectivity index (χ1n) is 8.41. The zero-order valence-corrected chi connectivity index (χ0v) is 15.1. The minimum absolute atomic E-state index is 0.107. The van der Waals surface area contributed by atoms with E-state index in [1.54, 1.807) is 0 Å². The second kappa shape index (κ2) is 7.15. The van der Waals surface area contributed by atoms with Crippen molar-refractivity contribution in [3.63, 3.8) is 0 Å². The van der Waals surface area contributed by atoms with E-state index in [1.807, 2.05) is 0 Å². The highest BCUT2D eigenvalue weighted by atomic mass is 35.5. The predicted molar refractivity (Wildman–Crippen MR) is 93.5 cm³/mol. The summed E-state index contributed by atoms with van der Waals surface area (Å²) in [5, 5.41) is 0.107. The van der Waals surface area contributed by atoms with Crippen LogP contribution in [0.2, 0.25) is 0 Å². The molecule has 2 atom stereocenters. The normalized spacial score (nSPS) is 21.5. The average Bonchev–Trinajstić information content (AvgIpc) is 2.46. The first-order chi connectivity index (χ1) is 9.95. The van der Waals surface area contributed by atoms with Gasteiger partial charge in [-0.15, -0.1) is 11.6 Å². The van der Waals surface area contributed by atoms with E-state index in [4.69, 9.17) is 11.6 Å². The Hall–Kier alpha value is -0.530. The highest BCUT2D eigenvalue weighted by Crippen LogP contribution is 2.33. The third-order valence-corrected chi connectivity index (χ3v) is 5.71. The minimum Gasteiger partial charge on any atom is -0.299 e. The third kappa shape index (κ3) is 3.63. The maximum absolute atomic E-state index is 6.87. The van der Waals surface area contributed by atoms with Crippen molar-refractivity contribution in [3.8, 4) is 0 Å². The highest BCUT2D eigenvalue weighted by molar-refractivity contribution is 6.21. The number of nitrogens with zero attached hydrogens (tertiary/aromatic N) is 1.